The van der Waals surface area contributed by atoms with Crippen LogP contribution in [0.3, 0.4) is 0 Å². The van der Waals surface area contributed by atoms with Crippen LogP contribution >= 0.6 is 11.3 Å². The predicted octanol–water partition coefficient (Wildman–Crippen LogP) is 4.64. The first-order chi connectivity index (χ1) is 16.0. The van der Waals surface area contributed by atoms with E-state index in [1.807, 2.05) is 36.4 Å². The summed E-state index contributed by atoms with van der Waals surface area (Å²) in [4.78, 5) is 41.6. The minimum absolute atomic E-state index is 0.292. The topological polar surface area (TPSA) is 111 Å². The summed E-state index contributed by atoms with van der Waals surface area (Å²) in [5.74, 6) is -1.62. The number of nitrogens with two attached hydrogens (primary N) is 1. The number of para-hydroxylation sites is 1. The monoisotopic (exact) mass is 459 g/mol. The Morgan fingerprint density at radius 1 is 1.00 bits per heavy atom. The summed E-state index contributed by atoms with van der Waals surface area (Å²) in [5.41, 5.74) is 7.88. The van der Waals surface area contributed by atoms with Crippen molar-refractivity contribution < 1.29 is 19.1 Å². The van der Waals surface area contributed by atoms with Crippen molar-refractivity contribution in [3.63, 3.8) is 0 Å². The number of primary amides is 1. The molecule has 0 saturated carbocycles. The Hall–Kier alpha value is -4.04. The van der Waals surface area contributed by atoms with Crippen LogP contribution < -0.4 is 11.1 Å². The minimum Gasteiger partial charge on any atom is -0.449 e. The fraction of sp³-hybridized carbons (Fsp3) is 0.120. The number of esters is 1. The van der Waals surface area contributed by atoms with E-state index < -0.39 is 23.9 Å². The quantitative estimate of drug-likeness (QED) is 0.391. The molecule has 166 valence electrons. The lowest BCUT2D eigenvalue weighted by Gasteiger charge is -2.17. The lowest BCUT2D eigenvalue weighted by molar-refractivity contribution is -0.124. The highest BCUT2D eigenvalue weighted by Crippen LogP contribution is 2.32. The third kappa shape index (κ3) is 4.91. The van der Waals surface area contributed by atoms with Gasteiger partial charge < -0.3 is 15.8 Å². The van der Waals surface area contributed by atoms with E-state index in [2.05, 4.69) is 10.3 Å². The summed E-state index contributed by atoms with van der Waals surface area (Å²) in [7, 11) is 0. The van der Waals surface area contributed by atoms with Gasteiger partial charge in [-0.05, 0) is 48.9 Å². The van der Waals surface area contributed by atoms with E-state index in [9.17, 15) is 14.4 Å². The zero-order valence-electron chi connectivity index (χ0n) is 17.8. The van der Waals surface area contributed by atoms with Gasteiger partial charge in [0.1, 0.15) is 5.01 Å². The number of fused-ring (bicyclic) bond motifs is 1. The number of rotatable bonds is 7. The number of hydrogen-bond acceptors (Lipinski definition) is 6. The second-order valence-electron chi connectivity index (χ2n) is 7.27. The molecule has 0 bridgehead atoms. The zero-order chi connectivity index (χ0) is 23.4. The predicted molar refractivity (Wildman–Crippen MR) is 128 cm³/mol. The van der Waals surface area contributed by atoms with E-state index in [4.69, 9.17) is 10.5 Å². The zero-order valence-corrected chi connectivity index (χ0v) is 18.6. The highest BCUT2D eigenvalue weighted by Gasteiger charge is 2.24. The Bertz CT molecular complexity index is 1300. The molecule has 0 aliphatic carbocycles. The summed E-state index contributed by atoms with van der Waals surface area (Å²) in [6, 6.07) is 21.0. The summed E-state index contributed by atoms with van der Waals surface area (Å²) < 4.78 is 6.59. The van der Waals surface area contributed by atoms with Crippen molar-refractivity contribution in [1.29, 1.82) is 0 Å². The third-order valence-electron chi connectivity index (χ3n) is 5.02. The lowest BCUT2D eigenvalue weighted by atomic mass is 10.1. The molecule has 7 nitrogen and oxygen atoms in total. The van der Waals surface area contributed by atoms with Gasteiger partial charge in [-0.15, -0.1) is 11.3 Å². The summed E-state index contributed by atoms with van der Waals surface area (Å²) >= 11 is 1.49. The van der Waals surface area contributed by atoms with Crippen LogP contribution in [0.2, 0.25) is 0 Å². The molecule has 33 heavy (non-hydrogen) atoms. The Kier molecular flexibility index (Phi) is 6.46. The van der Waals surface area contributed by atoms with Crippen molar-refractivity contribution in [2.75, 3.05) is 5.32 Å². The molecule has 8 heteroatoms. The Morgan fingerprint density at radius 2 is 1.70 bits per heavy atom. The smallest absolute Gasteiger partial charge is 0.339 e. The fourth-order valence-corrected chi connectivity index (χ4v) is 4.30. The molecule has 3 N–H and O–H groups in total. The number of thiazole rings is 1. The van der Waals surface area contributed by atoms with E-state index >= 15 is 0 Å². The highest BCUT2D eigenvalue weighted by molar-refractivity contribution is 7.21. The lowest BCUT2D eigenvalue weighted by Crippen LogP contribution is -2.32. The molecule has 0 saturated heterocycles. The van der Waals surface area contributed by atoms with Crippen LogP contribution in [0.5, 0.6) is 0 Å². The van der Waals surface area contributed by atoms with Crippen molar-refractivity contribution in [3.05, 3.63) is 83.9 Å². The van der Waals surface area contributed by atoms with Gasteiger partial charge in [0, 0.05) is 16.8 Å². The van der Waals surface area contributed by atoms with Crippen molar-refractivity contribution in [3.8, 4) is 10.6 Å². The van der Waals surface area contributed by atoms with Gasteiger partial charge in [-0.2, -0.15) is 0 Å². The van der Waals surface area contributed by atoms with E-state index in [0.29, 0.717) is 33.8 Å². The van der Waals surface area contributed by atoms with E-state index in [0.717, 1.165) is 10.2 Å². The molecule has 4 aromatic rings. The first kappa shape index (κ1) is 22.2. The first-order valence-electron chi connectivity index (χ1n) is 10.3. The number of carbonyl (C=O) groups is 3. The largest absolute Gasteiger partial charge is 0.449 e. The number of aromatic nitrogens is 1. The molecule has 3 aromatic carbocycles. The van der Waals surface area contributed by atoms with E-state index in [-0.39, 0.29) is 0 Å². The summed E-state index contributed by atoms with van der Waals surface area (Å²) in [6.07, 6.45) is -0.697. The molecular weight excluding hydrogens is 438 g/mol. The van der Waals surface area contributed by atoms with Crippen molar-refractivity contribution in [2.45, 2.75) is 19.4 Å². The minimum atomic E-state index is -0.989. The van der Waals surface area contributed by atoms with Crippen LogP contribution in [-0.4, -0.2) is 28.9 Å². The molecule has 1 atom stereocenters. The number of amides is 2. The number of benzene rings is 3. The number of carbonyl (C=O) groups excluding carboxylic acids is 3. The maximum Gasteiger partial charge on any atom is 0.339 e. The van der Waals surface area contributed by atoms with Gasteiger partial charge in [-0.3, -0.25) is 9.59 Å². The van der Waals surface area contributed by atoms with Crippen LogP contribution in [0.1, 0.15) is 34.1 Å². The first-order valence-corrected chi connectivity index (χ1v) is 11.1. The Labute approximate surface area is 194 Å². The van der Waals surface area contributed by atoms with Gasteiger partial charge >= 0.3 is 5.97 Å². The van der Waals surface area contributed by atoms with Gasteiger partial charge in [0.15, 0.2) is 6.10 Å². The van der Waals surface area contributed by atoms with E-state index in [1.54, 1.807) is 31.2 Å². The van der Waals surface area contributed by atoms with Crippen molar-refractivity contribution >= 4 is 45.0 Å². The fourth-order valence-electron chi connectivity index (χ4n) is 3.29. The van der Waals surface area contributed by atoms with Crippen molar-refractivity contribution in [1.82, 2.24) is 4.98 Å². The molecular formula is C25H21N3O4S. The number of anilines is 1. The average molecular weight is 460 g/mol. The van der Waals surface area contributed by atoms with E-state index in [1.165, 1.54) is 23.5 Å². The SMILES string of the molecule is CCC(OC(=O)c1ccccc1-c1nc2ccccc2s1)C(=O)Nc1ccc(C(N)=O)cc1. The van der Waals surface area contributed by atoms with Crippen LogP contribution in [-0.2, 0) is 9.53 Å². The molecule has 0 fully saturated rings. The van der Waals surface area contributed by atoms with Crippen molar-refractivity contribution in [2.24, 2.45) is 5.73 Å². The number of nitrogens with one attached hydrogen (secondary N) is 1. The van der Waals surface area contributed by atoms with Gasteiger partial charge in [-0.25, -0.2) is 9.78 Å². The maximum absolute atomic E-state index is 13.0. The van der Waals surface area contributed by atoms with Gasteiger partial charge in [0.25, 0.3) is 5.91 Å². The molecule has 0 radical (unpaired) electrons. The molecule has 1 heterocycles. The molecule has 2 amide bonds. The Morgan fingerprint density at radius 3 is 2.39 bits per heavy atom. The summed E-state index contributed by atoms with van der Waals surface area (Å²) in [6.45, 7) is 1.76. The maximum atomic E-state index is 13.0. The molecule has 0 aliphatic heterocycles. The molecule has 0 aliphatic rings. The average Bonchev–Trinajstić information content (AvgIpc) is 3.27. The standard InChI is InChI=1S/C25H21N3O4S/c1-2-20(23(30)27-16-13-11-15(12-14-16)22(26)29)32-25(31)18-8-4-3-7-17(18)24-28-19-9-5-6-10-21(19)33-24/h3-14,20H,2H2,1H3,(H2,26,29)(H,27,30). The number of ether oxygens (including phenoxy) is 1. The second kappa shape index (κ2) is 9.62. The van der Waals surface area contributed by atoms with Crippen LogP contribution in [0.25, 0.3) is 20.8 Å². The van der Waals surface area contributed by atoms with Crippen LogP contribution in [0, 0.1) is 0 Å². The van der Waals surface area contributed by atoms with Crippen LogP contribution in [0.4, 0.5) is 5.69 Å². The third-order valence-corrected chi connectivity index (χ3v) is 6.09. The Balaban J connectivity index is 1.52. The second-order valence-corrected chi connectivity index (χ2v) is 8.30. The normalized spacial score (nSPS) is 11.7. The van der Waals surface area contributed by atoms with Gasteiger partial charge in [-0.1, -0.05) is 37.3 Å². The molecule has 1 aromatic heterocycles. The molecule has 0 spiro atoms. The van der Waals surface area contributed by atoms with Gasteiger partial charge in [0.2, 0.25) is 5.91 Å². The number of hydrogen-bond donors (Lipinski definition) is 2. The highest BCUT2D eigenvalue weighted by atomic mass is 32.1. The van der Waals surface area contributed by atoms with Crippen LogP contribution in [0.15, 0.2) is 72.8 Å². The number of nitrogens with zero attached hydrogens (tertiary/aromatic N) is 1. The van der Waals surface area contributed by atoms with Gasteiger partial charge in [0.05, 0.1) is 15.8 Å². The molecule has 4 rings (SSSR count). The molecule has 1 unspecified atom stereocenters. The summed E-state index contributed by atoms with van der Waals surface area (Å²) in [5, 5.41) is 3.41.